The fourth-order valence-electron chi connectivity index (χ4n) is 0. The standard InChI is InChI=1S/C4H10.2C3H8.2CH2O3.CH4/c1-3-4-2;2*1-3-2;2*2-1(3)4;/h3-4H2,1-2H3;2*3H2,1-2H3;2*(H2,2,3,4);1H4. The van der Waals surface area contributed by atoms with Crippen molar-refractivity contribution in [2.75, 3.05) is 0 Å². The third-order valence-electron chi connectivity index (χ3n) is 0.500. The van der Waals surface area contributed by atoms with Gasteiger partial charge in [0, 0.05) is 0 Å². The molecule has 0 aromatic rings. The lowest BCUT2D eigenvalue weighted by Gasteiger charge is -1.68. The Morgan fingerprint density at radius 2 is 0.684 bits per heavy atom. The largest absolute Gasteiger partial charge is 0.503 e. The Hall–Kier alpha value is -1.46. The quantitative estimate of drug-likeness (QED) is 0.490. The molecule has 6 nitrogen and oxygen atoms in total. The fraction of sp³-hybridized carbons (Fsp3) is 0.846. The SMILES string of the molecule is C.CCC.CCC.CCCC.O=C(O)O.O=C(O)O. The minimum atomic E-state index is -1.83. The van der Waals surface area contributed by atoms with Gasteiger partial charge >= 0.3 is 12.3 Å². The lowest BCUT2D eigenvalue weighted by molar-refractivity contribution is 0.135. The number of unbranched alkanes of at least 4 members (excludes halogenated alkanes) is 1. The van der Waals surface area contributed by atoms with E-state index in [2.05, 4.69) is 41.5 Å². The molecule has 122 valence electrons. The summed E-state index contributed by atoms with van der Waals surface area (Å²) in [6.07, 6.45) is 1.47. The Bertz CT molecular complexity index is 113. The normalized spacial score (nSPS) is 6.00. The van der Waals surface area contributed by atoms with Crippen molar-refractivity contribution >= 4 is 12.3 Å². The Labute approximate surface area is 118 Å². The number of hydrogen-bond donors (Lipinski definition) is 4. The highest BCUT2D eigenvalue weighted by atomic mass is 16.6. The van der Waals surface area contributed by atoms with Crippen LogP contribution in [0.3, 0.4) is 0 Å². The summed E-state index contributed by atoms with van der Waals surface area (Å²) in [7, 11) is 0. The van der Waals surface area contributed by atoms with Crippen LogP contribution in [0.4, 0.5) is 9.59 Å². The zero-order valence-electron chi connectivity index (χ0n) is 12.4. The molecular weight excluding hydrogens is 252 g/mol. The van der Waals surface area contributed by atoms with Gasteiger partial charge in [-0.25, -0.2) is 9.59 Å². The first-order valence-corrected chi connectivity index (χ1v) is 6.05. The third kappa shape index (κ3) is 16500. The summed E-state index contributed by atoms with van der Waals surface area (Å²) >= 11 is 0. The summed E-state index contributed by atoms with van der Waals surface area (Å²) in [4.78, 5) is 17.1. The maximum Gasteiger partial charge on any atom is 0.503 e. The smallest absolute Gasteiger partial charge is 0.450 e. The number of carbonyl (C=O) groups is 2. The molecule has 0 saturated heterocycles. The van der Waals surface area contributed by atoms with Crippen LogP contribution < -0.4 is 0 Å². The van der Waals surface area contributed by atoms with Gasteiger partial charge < -0.3 is 20.4 Å². The van der Waals surface area contributed by atoms with Crippen LogP contribution in [0.25, 0.3) is 0 Å². The van der Waals surface area contributed by atoms with E-state index in [1.807, 2.05) is 0 Å². The summed E-state index contributed by atoms with van der Waals surface area (Å²) in [6.45, 7) is 12.9. The van der Waals surface area contributed by atoms with Crippen LogP contribution in [-0.4, -0.2) is 32.7 Å². The highest BCUT2D eigenvalue weighted by Gasteiger charge is 1.70. The predicted molar refractivity (Wildman–Crippen MR) is 80.6 cm³/mol. The fourth-order valence-corrected chi connectivity index (χ4v) is 0. The average Bonchev–Trinajstić information content (AvgIpc) is 2.18. The topological polar surface area (TPSA) is 115 Å². The van der Waals surface area contributed by atoms with Crippen LogP contribution in [0, 0.1) is 0 Å². The van der Waals surface area contributed by atoms with E-state index in [-0.39, 0.29) is 7.43 Å². The molecule has 0 aliphatic carbocycles. The second kappa shape index (κ2) is 54.8. The van der Waals surface area contributed by atoms with E-state index in [0.29, 0.717) is 0 Å². The molecule has 0 heterocycles. The predicted octanol–water partition coefficient (Wildman–Crippen LogP) is 5.72. The summed E-state index contributed by atoms with van der Waals surface area (Å²) in [5, 5.41) is 27.9. The van der Waals surface area contributed by atoms with Crippen molar-refractivity contribution in [2.45, 2.75) is 74.7 Å². The Morgan fingerprint density at radius 3 is 0.684 bits per heavy atom. The average molecular weight is 286 g/mol. The van der Waals surface area contributed by atoms with Crippen molar-refractivity contribution in [3.63, 3.8) is 0 Å². The van der Waals surface area contributed by atoms with Gasteiger partial charge in [0.1, 0.15) is 0 Å². The van der Waals surface area contributed by atoms with Crippen molar-refractivity contribution in [2.24, 2.45) is 0 Å². The minimum absolute atomic E-state index is 0. The lowest BCUT2D eigenvalue weighted by Crippen LogP contribution is -1.81. The van der Waals surface area contributed by atoms with Crippen LogP contribution in [0.2, 0.25) is 0 Å². The van der Waals surface area contributed by atoms with E-state index in [4.69, 9.17) is 30.0 Å². The van der Waals surface area contributed by atoms with Crippen molar-refractivity contribution in [1.29, 1.82) is 0 Å². The van der Waals surface area contributed by atoms with Crippen LogP contribution in [0.5, 0.6) is 0 Å². The second-order valence-electron chi connectivity index (χ2n) is 2.98. The molecule has 0 radical (unpaired) electrons. The molecule has 0 aromatic heterocycles. The highest BCUT2D eigenvalue weighted by Crippen LogP contribution is 1.76. The number of carboxylic acid groups (broad SMARTS) is 4. The van der Waals surface area contributed by atoms with E-state index >= 15 is 0 Å². The molecule has 0 amide bonds. The van der Waals surface area contributed by atoms with Gasteiger partial charge in [0.05, 0.1) is 0 Å². The van der Waals surface area contributed by atoms with E-state index < -0.39 is 12.3 Å². The summed E-state index contributed by atoms with van der Waals surface area (Å²) in [5.41, 5.74) is 0. The lowest BCUT2D eigenvalue weighted by atomic mass is 10.4. The minimum Gasteiger partial charge on any atom is -0.450 e. The Morgan fingerprint density at radius 1 is 0.632 bits per heavy atom. The van der Waals surface area contributed by atoms with E-state index in [1.165, 1.54) is 25.7 Å². The molecule has 0 fully saturated rings. The Balaban J connectivity index is -0.0000000276. The molecule has 19 heavy (non-hydrogen) atoms. The molecule has 0 spiro atoms. The Kier molecular flexibility index (Phi) is 104. The molecule has 0 aliphatic heterocycles. The monoisotopic (exact) mass is 286 g/mol. The van der Waals surface area contributed by atoms with E-state index in [1.54, 1.807) is 0 Å². The molecule has 0 aromatic carbocycles. The van der Waals surface area contributed by atoms with Gasteiger partial charge in [-0.1, -0.05) is 74.7 Å². The van der Waals surface area contributed by atoms with Crippen LogP contribution in [0.15, 0.2) is 0 Å². The van der Waals surface area contributed by atoms with Crippen molar-refractivity contribution in [3.05, 3.63) is 0 Å². The molecule has 0 saturated carbocycles. The van der Waals surface area contributed by atoms with Crippen molar-refractivity contribution in [1.82, 2.24) is 0 Å². The van der Waals surface area contributed by atoms with Crippen LogP contribution >= 0.6 is 0 Å². The summed E-state index contributed by atoms with van der Waals surface area (Å²) in [6, 6.07) is 0. The van der Waals surface area contributed by atoms with E-state index in [9.17, 15) is 0 Å². The van der Waals surface area contributed by atoms with Crippen molar-refractivity contribution < 1.29 is 30.0 Å². The zero-order chi connectivity index (χ0) is 16.0. The first-order valence-electron chi connectivity index (χ1n) is 6.05. The number of hydrogen-bond acceptors (Lipinski definition) is 2. The van der Waals surface area contributed by atoms with Gasteiger partial charge in [-0.3, -0.25) is 0 Å². The van der Waals surface area contributed by atoms with Gasteiger partial charge in [0.2, 0.25) is 0 Å². The third-order valence-corrected chi connectivity index (χ3v) is 0.500. The van der Waals surface area contributed by atoms with Crippen LogP contribution in [0.1, 0.15) is 74.7 Å². The van der Waals surface area contributed by atoms with Gasteiger partial charge in [-0.05, 0) is 0 Å². The molecule has 6 heteroatoms. The second-order valence-corrected chi connectivity index (χ2v) is 2.98. The molecular formula is C13H34O6. The number of rotatable bonds is 1. The molecule has 0 unspecified atom stereocenters. The highest BCUT2D eigenvalue weighted by molar-refractivity contribution is 5.53. The zero-order valence-corrected chi connectivity index (χ0v) is 12.4. The maximum atomic E-state index is 8.56. The van der Waals surface area contributed by atoms with E-state index in [0.717, 1.165) is 0 Å². The summed E-state index contributed by atoms with van der Waals surface area (Å²) < 4.78 is 0. The summed E-state index contributed by atoms with van der Waals surface area (Å²) in [5.74, 6) is 0. The molecule has 4 N–H and O–H groups in total. The maximum absolute atomic E-state index is 8.56. The van der Waals surface area contributed by atoms with Gasteiger partial charge in [-0.15, -0.1) is 0 Å². The molecule has 0 bridgehead atoms. The molecule has 0 rings (SSSR count). The van der Waals surface area contributed by atoms with Crippen LogP contribution in [-0.2, 0) is 0 Å². The first kappa shape index (κ1) is 36.0. The van der Waals surface area contributed by atoms with Gasteiger partial charge in [0.25, 0.3) is 0 Å². The van der Waals surface area contributed by atoms with Crippen molar-refractivity contribution in [3.8, 4) is 0 Å². The first-order chi connectivity index (χ1) is 8.21. The molecule has 0 aliphatic rings. The van der Waals surface area contributed by atoms with Gasteiger partial charge in [0.15, 0.2) is 0 Å². The molecule has 0 atom stereocenters. The van der Waals surface area contributed by atoms with Gasteiger partial charge in [-0.2, -0.15) is 0 Å².